The van der Waals surface area contributed by atoms with Gasteiger partial charge in [0.05, 0.1) is 11.3 Å². The van der Waals surface area contributed by atoms with Gasteiger partial charge in [-0.15, -0.1) is 0 Å². The standard InChI is InChI=1S/C19H29N3O3S/c1-21(2)18(14-15-6-4-3-5-7-15)19(23)20-16-10-12-22(13-11-16)26(24,25)17-8-9-17/h3-7,16-18H,8-14H2,1-2H3,(H,20,23). The first-order valence-electron chi connectivity index (χ1n) is 9.37. The number of carbonyl (C=O) groups excluding carboxylic acids is 1. The molecule has 6 nitrogen and oxygen atoms in total. The van der Waals surface area contributed by atoms with Crippen molar-refractivity contribution in [2.45, 2.75) is 49.4 Å². The SMILES string of the molecule is CN(C)C(Cc1ccccc1)C(=O)NC1CCN(S(=O)(=O)C2CC2)CC1. The lowest BCUT2D eigenvalue weighted by Crippen LogP contribution is -2.52. The van der Waals surface area contributed by atoms with Gasteiger partial charge >= 0.3 is 0 Å². The smallest absolute Gasteiger partial charge is 0.237 e. The van der Waals surface area contributed by atoms with Gasteiger partial charge < -0.3 is 5.32 Å². The molecule has 2 aliphatic rings. The second-order valence-corrected chi connectivity index (χ2v) is 9.81. The van der Waals surface area contributed by atoms with Gasteiger partial charge in [0.15, 0.2) is 0 Å². The summed E-state index contributed by atoms with van der Waals surface area (Å²) < 4.78 is 26.2. The number of piperidine rings is 1. The number of hydrogen-bond acceptors (Lipinski definition) is 4. The molecule has 2 fully saturated rings. The molecule has 1 saturated heterocycles. The van der Waals surface area contributed by atoms with Crippen molar-refractivity contribution in [2.75, 3.05) is 27.2 Å². The highest BCUT2D eigenvalue weighted by Crippen LogP contribution is 2.32. The number of nitrogens with zero attached hydrogens (tertiary/aromatic N) is 2. The zero-order valence-corrected chi connectivity index (χ0v) is 16.4. The first kappa shape index (κ1) is 19.3. The largest absolute Gasteiger partial charge is 0.352 e. The highest BCUT2D eigenvalue weighted by molar-refractivity contribution is 7.90. The molecule has 1 atom stereocenters. The lowest BCUT2D eigenvalue weighted by molar-refractivity contribution is -0.126. The van der Waals surface area contributed by atoms with Crippen LogP contribution in [-0.2, 0) is 21.2 Å². The molecule has 0 bridgehead atoms. The topological polar surface area (TPSA) is 69.7 Å². The van der Waals surface area contributed by atoms with E-state index < -0.39 is 10.0 Å². The Labute approximate surface area is 156 Å². The van der Waals surface area contributed by atoms with Crippen LogP contribution in [0, 0.1) is 0 Å². The minimum absolute atomic E-state index is 0.0161. The van der Waals surface area contributed by atoms with E-state index in [1.807, 2.05) is 49.3 Å². The van der Waals surface area contributed by atoms with Crippen LogP contribution in [-0.4, -0.2) is 68.0 Å². The first-order chi connectivity index (χ1) is 12.4. The van der Waals surface area contributed by atoms with Crippen LogP contribution >= 0.6 is 0 Å². The summed E-state index contributed by atoms with van der Waals surface area (Å²) in [6.45, 7) is 1.02. The maximum atomic E-state index is 12.8. The first-order valence-corrected chi connectivity index (χ1v) is 10.9. The van der Waals surface area contributed by atoms with E-state index >= 15 is 0 Å². The molecule has 1 aromatic carbocycles. The molecule has 3 rings (SSSR count). The third-order valence-electron chi connectivity index (χ3n) is 5.30. The molecule has 1 unspecified atom stereocenters. The van der Waals surface area contributed by atoms with Crippen molar-refractivity contribution >= 4 is 15.9 Å². The van der Waals surface area contributed by atoms with Crippen molar-refractivity contribution < 1.29 is 13.2 Å². The van der Waals surface area contributed by atoms with Gasteiger partial charge in [0.2, 0.25) is 15.9 Å². The lowest BCUT2D eigenvalue weighted by Gasteiger charge is -2.33. The normalized spacial score (nSPS) is 20.9. The van der Waals surface area contributed by atoms with Gasteiger partial charge in [-0.25, -0.2) is 12.7 Å². The molecule has 144 valence electrons. The van der Waals surface area contributed by atoms with Gasteiger partial charge in [0.1, 0.15) is 0 Å². The van der Waals surface area contributed by atoms with Gasteiger partial charge in [0, 0.05) is 19.1 Å². The van der Waals surface area contributed by atoms with Crippen molar-refractivity contribution in [2.24, 2.45) is 0 Å². The van der Waals surface area contributed by atoms with E-state index in [1.165, 1.54) is 0 Å². The molecular weight excluding hydrogens is 350 g/mol. The van der Waals surface area contributed by atoms with Crippen LogP contribution in [0.4, 0.5) is 0 Å². The third kappa shape index (κ3) is 4.64. The zero-order chi connectivity index (χ0) is 18.7. The Morgan fingerprint density at radius 3 is 2.31 bits per heavy atom. The maximum Gasteiger partial charge on any atom is 0.237 e. The van der Waals surface area contributed by atoms with Crippen LogP contribution in [0.3, 0.4) is 0 Å². The van der Waals surface area contributed by atoms with E-state index in [4.69, 9.17) is 0 Å². The number of benzene rings is 1. The summed E-state index contributed by atoms with van der Waals surface area (Å²) >= 11 is 0. The third-order valence-corrected chi connectivity index (χ3v) is 7.70. The molecule has 0 aromatic heterocycles. The Hall–Kier alpha value is -1.44. The van der Waals surface area contributed by atoms with E-state index in [9.17, 15) is 13.2 Å². The number of amides is 1. The average molecular weight is 380 g/mol. The number of rotatable bonds is 7. The zero-order valence-electron chi connectivity index (χ0n) is 15.6. The van der Waals surface area contributed by atoms with Crippen LogP contribution in [0.1, 0.15) is 31.2 Å². The Balaban J connectivity index is 1.53. The molecule has 0 spiro atoms. The number of carbonyl (C=O) groups is 1. The summed E-state index contributed by atoms with van der Waals surface area (Å²) in [5.74, 6) is 0.0161. The van der Waals surface area contributed by atoms with Crippen molar-refractivity contribution in [3.05, 3.63) is 35.9 Å². The molecular formula is C19H29N3O3S. The average Bonchev–Trinajstić information content (AvgIpc) is 3.46. The Morgan fingerprint density at radius 2 is 1.77 bits per heavy atom. The predicted molar refractivity (Wildman–Crippen MR) is 102 cm³/mol. The van der Waals surface area contributed by atoms with Gasteiger partial charge in [-0.1, -0.05) is 30.3 Å². The maximum absolute atomic E-state index is 12.8. The van der Waals surface area contributed by atoms with Crippen LogP contribution < -0.4 is 5.32 Å². The molecule has 26 heavy (non-hydrogen) atoms. The number of likely N-dealkylation sites (N-methyl/N-ethyl adjacent to an activating group) is 1. The summed E-state index contributed by atoms with van der Waals surface area (Å²) in [6.07, 6.45) is 3.62. The fourth-order valence-electron chi connectivity index (χ4n) is 3.48. The highest BCUT2D eigenvalue weighted by Gasteiger charge is 2.41. The van der Waals surface area contributed by atoms with E-state index in [2.05, 4.69) is 5.32 Å². The van der Waals surface area contributed by atoms with E-state index in [0.717, 1.165) is 18.4 Å². The quantitative estimate of drug-likeness (QED) is 0.774. The molecule has 1 aromatic rings. The number of nitrogens with one attached hydrogen (secondary N) is 1. The Morgan fingerprint density at radius 1 is 1.15 bits per heavy atom. The van der Waals surface area contributed by atoms with Gasteiger partial charge in [0.25, 0.3) is 0 Å². The molecule has 1 saturated carbocycles. The second kappa shape index (κ2) is 8.06. The van der Waals surface area contributed by atoms with Crippen LogP contribution in [0.15, 0.2) is 30.3 Å². The van der Waals surface area contributed by atoms with Gasteiger partial charge in [-0.05, 0) is 51.8 Å². The van der Waals surface area contributed by atoms with E-state index in [0.29, 0.717) is 32.4 Å². The molecule has 1 amide bonds. The Bertz CT molecular complexity index is 709. The van der Waals surface area contributed by atoms with E-state index in [-0.39, 0.29) is 23.2 Å². The summed E-state index contributed by atoms with van der Waals surface area (Å²) in [6, 6.07) is 9.82. The minimum Gasteiger partial charge on any atom is -0.352 e. The predicted octanol–water partition coefficient (Wildman–Crippen LogP) is 1.23. The summed E-state index contributed by atoms with van der Waals surface area (Å²) in [5, 5.41) is 2.98. The minimum atomic E-state index is -3.10. The van der Waals surface area contributed by atoms with Crippen LogP contribution in [0.5, 0.6) is 0 Å². The second-order valence-electron chi connectivity index (χ2n) is 7.60. The van der Waals surface area contributed by atoms with Crippen molar-refractivity contribution in [3.63, 3.8) is 0 Å². The van der Waals surface area contributed by atoms with Gasteiger partial charge in [-0.3, -0.25) is 9.69 Å². The number of hydrogen-bond donors (Lipinski definition) is 1. The monoisotopic (exact) mass is 379 g/mol. The molecule has 7 heteroatoms. The van der Waals surface area contributed by atoms with Gasteiger partial charge in [-0.2, -0.15) is 0 Å². The highest BCUT2D eigenvalue weighted by atomic mass is 32.2. The molecule has 1 aliphatic carbocycles. The van der Waals surface area contributed by atoms with E-state index in [1.54, 1.807) is 4.31 Å². The summed E-state index contributed by atoms with van der Waals surface area (Å²) in [7, 11) is 0.731. The lowest BCUT2D eigenvalue weighted by atomic mass is 10.0. The Kier molecular flexibility index (Phi) is 5.99. The van der Waals surface area contributed by atoms with Crippen LogP contribution in [0.2, 0.25) is 0 Å². The van der Waals surface area contributed by atoms with Crippen LogP contribution in [0.25, 0.3) is 0 Å². The molecule has 1 N–H and O–H groups in total. The fraction of sp³-hybridized carbons (Fsp3) is 0.632. The number of sulfonamides is 1. The molecule has 1 aliphatic heterocycles. The molecule has 1 heterocycles. The fourth-order valence-corrected chi connectivity index (χ4v) is 5.35. The van der Waals surface area contributed by atoms with Crippen molar-refractivity contribution in [1.82, 2.24) is 14.5 Å². The summed E-state index contributed by atoms with van der Waals surface area (Å²) in [5.41, 5.74) is 1.13. The van der Waals surface area contributed by atoms with Crippen molar-refractivity contribution in [3.8, 4) is 0 Å². The summed E-state index contributed by atoms with van der Waals surface area (Å²) in [4.78, 5) is 14.7. The van der Waals surface area contributed by atoms with Crippen molar-refractivity contribution in [1.29, 1.82) is 0 Å². The molecule has 0 radical (unpaired) electrons.